The van der Waals surface area contributed by atoms with Gasteiger partial charge in [-0.3, -0.25) is 4.79 Å². The van der Waals surface area contributed by atoms with Gasteiger partial charge in [-0.15, -0.1) is 0 Å². The number of hydrogen-bond donors (Lipinski definition) is 2. The predicted octanol–water partition coefficient (Wildman–Crippen LogP) is 1.83. The van der Waals surface area contributed by atoms with Crippen LogP contribution in [0.1, 0.15) is 30.1 Å². The van der Waals surface area contributed by atoms with Crippen molar-refractivity contribution >= 4 is 5.91 Å². The molecule has 5 nitrogen and oxygen atoms in total. The maximum absolute atomic E-state index is 12.4. The summed E-state index contributed by atoms with van der Waals surface area (Å²) in [4.78, 5) is 12.4. The highest BCUT2D eigenvalue weighted by Gasteiger charge is 2.32. The monoisotopic (exact) mass is 306 g/mol. The summed E-state index contributed by atoms with van der Waals surface area (Å²) in [6.07, 6.45) is 2.03. The molecule has 0 aromatic heterocycles. The van der Waals surface area contributed by atoms with Crippen LogP contribution in [0.3, 0.4) is 0 Å². The second-order valence-corrected chi connectivity index (χ2v) is 5.83. The van der Waals surface area contributed by atoms with E-state index in [9.17, 15) is 4.79 Å². The van der Waals surface area contributed by atoms with Crippen molar-refractivity contribution in [1.82, 2.24) is 10.6 Å². The number of ether oxygens (including phenoxy) is 2. The molecule has 0 spiro atoms. The second kappa shape index (κ2) is 8.15. The number of piperidine rings is 1. The topological polar surface area (TPSA) is 59.6 Å². The maximum Gasteiger partial charge on any atom is 0.251 e. The average Bonchev–Trinajstić information content (AvgIpc) is 2.54. The van der Waals surface area contributed by atoms with Gasteiger partial charge in [-0.2, -0.15) is 0 Å². The van der Waals surface area contributed by atoms with E-state index in [-0.39, 0.29) is 11.3 Å². The van der Waals surface area contributed by atoms with Crippen molar-refractivity contribution in [2.45, 2.75) is 19.8 Å². The van der Waals surface area contributed by atoms with Gasteiger partial charge in [0, 0.05) is 24.6 Å². The molecule has 1 aromatic rings. The predicted molar refractivity (Wildman–Crippen MR) is 86.4 cm³/mol. The number of nitrogens with one attached hydrogen (secondary N) is 2. The zero-order chi connectivity index (χ0) is 15.8. The van der Waals surface area contributed by atoms with Crippen LogP contribution in [-0.4, -0.2) is 45.9 Å². The minimum Gasteiger partial charge on any atom is -0.494 e. The van der Waals surface area contributed by atoms with Crippen LogP contribution in [0.5, 0.6) is 5.75 Å². The van der Waals surface area contributed by atoms with Crippen molar-refractivity contribution in [3.63, 3.8) is 0 Å². The molecule has 0 atom stereocenters. The molecule has 1 aliphatic rings. The first kappa shape index (κ1) is 16.8. The van der Waals surface area contributed by atoms with Crippen LogP contribution >= 0.6 is 0 Å². The highest BCUT2D eigenvalue weighted by Crippen LogP contribution is 2.28. The van der Waals surface area contributed by atoms with Crippen LogP contribution in [0, 0.1) is 5.41 Å². The van der Waals surface area contributed by atoms with Crippen molar-refractivity contribution in [3.8, 4) is 5.75 Å². The molecule has 2 rings (SSSR count). The Balaban J connectivity index is 1.97. The summed E-state index contributed by atoms with van der Waals surface area (Å²) >= 11 is 0. The Kier molecular flexibility index (Phi) is 6.21. The number of hydrogen-bond acceptors (Lipinski definition) is 4. The van der Waals surface area contributed by atoms with Gasteiger partial charge in [-0.05, 0) is 51.1 Å². The van der Waals surface area contributed by atoms with E-state index >= 15 is 0 Å². The van der Waals surface area contributed by atoms with Gasteiger partial charge in [-0.25, -0.2) is 0 Å². The Morgan fingerprint density at radius 1 is 1.36 bits per heavy atom. The minimum absolute atomic E-state index is 0.0349. The molecule has 1 fully saturated rings. The van der Waals surface area contributed by atoms with Crippen LogP contribution in [0.2, 0.25) is 0 Å². The number of benzene rings is 1. The number of rotatable bonds is 7. The molecule has 2 N–H and O–H groups in total. The summed E-state index contributed by atoms with van der Waals surface area (Å²) in [5.41, 5.74) is 0.667. The molecule has 0 radical (unpaired) electrons. The normalized spacial score (nSPS) is 17.0. The molecule has 5 heteroatoms. The molecule has 1 aromatic carbocycles. The van der Waals surface area contributed by atoms with Crippen molar-refractivity contribution in [2.75, 3.05) is 40.0 Å². The maximum atomic E-state index is 12.4. The largest absolute Gasteiger partial charge is 0.494 e. The smallest absolute Gasteiger partial charge is 0.251 e. The van der Waals surface area contributed by atoms with Crippen molar-refractivity contribution in [3.05, 3.63) is 29.8 Å². The summed E-state index contributed by atoms with van der Waals surface area (Å²) in [6.45, 7) is 5.78. The summed E-state index contributed by atoms with van der Waals surface area (Å²) < 4.78 is 10.8. The van der Waals surface area contributed by atoms with Gasteiger partial charge in [0.2, 0.25) is 0 Å². The van der Waals surface area contributed by atoms with Gasteiger partial charge in [-0.1, -0.05) is 6.07 Å². The summed E-state index contributed by atoms with van der Waals surface area (Å²) in [5.74, 6) is 0.666. The molecular formula is C17H26N2O3. The molecule has 0 bridgehead atoms. The number of carbonyl (C=O) groups is 1. The highest BCUT2D eigenvalue weighted by atomic mass is 16.5. The molecule has 1 aliphatic heterocycles. The third kappa shape index (κ3) is 4.45. The minimum atomic E-state index is -0.0597. The number of carbonyl (C=O) groups excluding carboxylic acids is 1. The Hall–Kier alpha value is -1.59. The van der Waals surface area contributed by atoms with E-state index in [1.54, 1.807) is 13.2 Å². The van der Waals surface area contributed by atoms with E-state index in [2.05, 4.69) is 10.6 Å². The van der Waals surface area contributed by atoms with E-state index in [0.29, 0.717) is 25.3 Å². The Bertz CT molecular complexity index is 479. The van der Waals surface area contributed by atoms with Gasteiger partial charge in [0.1, 0.15) is 5.75 Å². The summed E-state index contributed by atoms with van der Waals surface area (Å²) in [6, 6.07) is 7.29. The van der Waals surface area contributed by atoms with E-state index < -0.39 is 0 Å². The molecule has 122 valence electrons. The molecule has 1 heterocycles. The molecule has 0 unspecified atom stereocenters. The van der Waals surface area contributed by atoms with Crippen LogP contribution in [0.4, 0.5) is 0 Å². The standard InChI is InChI=1S/C17H26N2O3/c1-3-22-15-6-4-5-14(11-15)16(20)19-12-17(13-21-2)7-9-18-10-8-17/h4-6,11,18H,3,7-10,12-13H2,1-2H3,(H,19,20). The van der Waals surface area contributed by atoms with Crippen LogP contribution < -0.4 is 15.4 Å². The average molecular weight is 306 g/mol. The Morgan fingerprint density at radius 2 is 2.14 bits per heavy atom. The first-order valence-corrected chi connectivity index (χ1v) is 7.90. The van der Waals surface area contributed by atoms with Crippen LogP contribution in [0.25, 0.3) is 0 Å². The molecule has 22 heavy (non-hydrogen) atoms. The van der Waals surface area contributed by atoms with Crippen molar-refractivity contribution in [2.24, 2.45) is 5.41 Å². The van der Waals surface area contributed by atoms with E-state index in [1.165, 1.54) is 0 Å². The molecule has 0 saturated carbocycles. The molecular weight excluding hydrogens is 280 g/mol. The van der Waals surface area contributed by atoms with E-state index in [1.807, 2.05) is 25.1 Å². The lowest BCUT2D eigenvalue weighted by molar-refractivity contribution is 0.0511. The third-order valence-electron chi connectivity index (χ3n) is 4.15. The van der Waals surface area contributed by atoms with Crippen LogP contribution in [0.15, 0.2) is 24.3 Å². The molecule has 0 aliphatic carbocycles. The van der Waals surface area contributed by atoms with Gasteiger partial charge in [0.25, 0.3) is 5.91 Å². The lowest BCUT2D eigenvalue weighted by Crippen LogP contribution is -2.47. The van der Waals surface area contributed by atoms with Crippen molar-refractivity contribution in [1.29, 1.82) is 0 Å². The fourth-order valence-electron chi connectivity index (χ4n) is 2.90. The van der Waals surface area contributed by atoms with Gasteiger partial charge in [0.05, 0.1) is 13.2 Å². The Labute approximate surface area is 132 Å². The lowest BCUT2D eigenvalue weighted by Gasteiger charge is -2.37. The first-order valence-electron chi connectivity index (χ1n) is 7.90. The molecule has 1 saturated heterocycles. The highest BCUT2D eigenvalue weighted by molar-refractivity contribution is 5.94. The van der Waals surface area contributed by atoms with Crippen LogP contribution in [-0.2, 0) is 4.74 Å². The van der Waals surface area contributed by atoms with E-state index in [4.69, 9.17) is 9.47 Å². The lowest BCUT2D eigenvalue weighted by atomic mass is 9.79. The quantitative estimate of drug-likeness (QED) is 0.807. The van der Waals surface area contributed by atoms with Crippen molar-refractivity contribution < 1.29 is 14.3 Å². The fraction of sp³-hybridized carbons (Fsp3) is 0.588. The van der Waals surface area contributed by atoms with Gasteiger partial charge >= 0.3 is 0 Å². The zero-order valence-corrected chi connectivity index (χ0v) is 13.5. The zero-order valence-electron chi connectivity index (χ0n) is 13.5. The Morgan fingerprint density at radius 3 is 2.82 bits per heavy atom. The number of methoxy groups -OCH3 is 1. The first-order chi connectivity index (χ1) is 10.7. The molecule has 1 amide bonds. The summed E-state index contributed by atoms with van der Waals surface area (Å²) in [5, 5.41) is 6.42. The third-order valence-corrected chi connectivity index (χ3v) is 4.15. The van der Waals surface area contributed by atoms with E-state index in [0.717, 1.165) is 31.7 Å². The summed E-state index contributed by atoms with van der Waals surface area (Å²) in [7, 11) is 1.72. The van der Waals surface area contributed by atoms with Gasteiger partial charge in [0.15, 0.2) is 0 Å². The fourth-order valence-corrected chi connectivity index (χ4v) is 2.90. The second-order valence-electron chi connectivity index (χ2n) is 5.83. The SMILES string of the molecule is CCOc1cccc(C(=O)NCC2(COC)CCNCC2)c1. The van der Waals surface area contributed by atoms with Gasteiger partial charge < -0.3 is 20.1 Å². The number of amides is 1.